The Morgan fingerprint density at radius 2 is 0.500 bits per heavy atom. The third-order valence-electron chi connectivity index (χ3n) is 12.2. The molecule has 0 bridgehead atoms. The van der Waals surface area contributed by atoms with Gasteiger partial charge in [0.2, 0.25) is 0 Å². The van der Waals surface area contributed by atoms with Crippen molar-refractivity contribution in [1.82, 2.24) is 9.13 Å². The summed E-state index contributed by atoms with van der Waals surface area (Å²) in [6.07, 6.45) is 1.84. The third kappa shape index (κ3) is 6.18. The van der Waals surface area contributed by atoms with Crippen LogP contribution in [0.1, 0.15) is 22.3 Å². The predicted molar refractivity (Wildman–Crippen MR) is 244 cm³/mol. The Morgan fingerprint density at radius 3 is 0.776 bits per heavy atom. The molecule has 0 atom stereocenters. The van der Waals surface area contributed by atoms with E-state index < -0.39 is 0 Å². The van der Waals surface area contributed by atoms with Crippen molar-refractivity contribution < 1.29 is 0 Å². The summed E-state index contributed by atoms with van der Waals surface area (Å²) < 4.78 is 4.76. The summed E-state index contributed by atoms with van der Waals surface area (Å²) in [7, 11) is 0. The summed E-state index contributed by atoms with van der Waals surface area (Å²) >= 11 is 0. The Balaban J connectivity index is 0.705. The molecule has 1 saturated heterocycles. The molecule has 280 valence electrons. The summed E-state index contributed by atoms with van der Waals surface area (Å²) in [5.74, 6) is 0. The van der Waals surface area contributed by atoms with E-state index in [9.17, 15) is 0 Å². The van der Waals surface area contributed by atoms with Gasteiger partial charge in [0.15, 0.2) is 0 Å². The highest BCUT2D eigenvalue weighted by Crippen LogP contribution is 2.34. The number of hydrogen-bond donors (Lipinski definition) is 0. The van der Waals surface area contributed by atoms with Crippen molar-refractivity contribution in [1.29, 1.82) is 0 Å². The van der Waals surface area contributed by atoms with Crippen molar-refractivity contribution >= 4 is 55.0 Å². The average Bonchev–Trinajstić information content (AvgIpc) is 3.81. The zero-order valence-electron chi connectivity index (χ0n) is 32.5. The van der Waals surface area contributed by atoms with Crippen molar-refractivity contribution in [3.05, 3.63) is 216 Å². The molecule has 11 rings (SSSR count). The first-order chi connectivity index (χ1) is 28.7. The number of rotatable bonds is 8. The number of aromatic nitrogens is 2. The van der Waals surface area contributed by atoms with Crippen LogP contribution < -0.4 is 9.80 Å². The van der Waals surface area contributed by atoms with Crippen LogP contribution in [0.15, 0.2) is 194 Å². The van der Waals surface area contributed by atoms with Gasteiger partial charge in [-0.15, -0.1) is 0 Å². The predicted octanol–water partition coefficient (Wildman–Crippen LogP) is 12.4. The average molecular weight is 749 g/mol. The minimum absolute atomic E-state index is 0.922. The van der Waals surface area contributed by atoms with Crippen LogP contribution in [0.5, 0.6) is 0 Å². The highest BCUT2D eigenvalue weighted by molar-refractivity contribution is 6.10. The quantitative estimate of drug-likeness (QED) is 0.154. The summed E-state index contributed by atoms with van der Waals surface area (Å²) in [6.45, 7) is 4.07. The van der Waals surface area contributed by atoms with E-state index in [0.717, 1.165) is 39.0 Å². The fourth-order valence-corrected chi connectivity index (χ4v) is 9.27. The zero-order chi connectivity index (χ0) is 38.4. The van der Waals surface area contributed by atoms with Crippen LogP contribution in [-0.2, 0) is 12.8 Å². The van der Waals surface area contributed by atoms with Crippen LogP contribution >= 0.6 is 0 Å². The molecule has 2 aromatic heterocycles. The van der Waals surface area contributed by atoms with Crippen molar-refractivity contribution in [2.75, 3.05) is 36.0 Å². The molecule has 58 heavy (non-hydrogen) atoms. The van der Waals surface area contributed by atoms with E-state index in [4.69, 9.17) is 0 Å². The number of para-hydroxylation sites is 4. The van der Waals surface area contributed by atoms with Crippen molar-refractivity contribution in [2.45, 2.75) is 12.8 Å². The summed E-state index contributed by atoms with van der Waals surface area (Å²) in [4.78, 5) is 5.05. The second-order valence-electron chi connectivity index (χ2n) is 15.7. The fraction of sp³-hybridized carbons (Fsp3) is 0.111. The lowest BCUT2D eigenvalue weighted by Crippen LogP contribution is -2.46. The molecule has 1 fully saturated rings. The van der Waals surface area contributed by atoms with Gasteiger partial charge in [0.1, 0.15) is 0 Å². The highest BCUT2D eigenvalue weighted by atomic mass is 15.3. The molecule has 0 radical (unpaired) electrons. The molecule has 10 aromatic rings. The van der Waals surface area contributed by atoms with Gasteiger partial charge in [0, 0.05) is 70.5 Å². The second kappa shape index (κ2) is 14.5. The van der Waals surface area contributed by atoms with Gasteiger partial charge >= 0.3 is 0 Å². The number of benzene rings is 8. The summed E-state index contributed by atoms with van der Waals surface area (Å²) in [6, 6.07) is 71.4. The molecule has 0 amide bonds. The Labute approximate surface area is 339 Å². The maximum absolute atomic E-state index is 2.53. The van der Waals surface area contributed by atoms with Crippen LogP contribution in [0.4, 0.5) is 11.4 Å². The fourth-order valence-electron chi connectivity index (χ4n) is 9.27. The lowest BCUT2D eigenvalue weighted by molar-refractivity contribution is 0.653. The molecule has 0 unspecified atom stereocenters. The number of fused-ring (bicyclic) bond motifs is 6. The van der Waals surface area contributed by atoms with E-state index in [2.05, 4.69) is 213 Å². The summed E-state index contributed by atoms with van der Waals surface area (Å²) in [5, 5.41) is 5.18. The van der Waals surface area contributed by atoms with Crippen LogP contribution in [0.2, 0.25) is 0 Å². The topological polar surface area (TPSA) is 16.3 Å². The Morgan fingerprint density at radius 1 is 0.259 bits per heavy atom. The first kappa shape index (κ1) is 34.2. The maximum Gasteiger partial charge on any atom is 0.0541 e. The third-order valence-corrected chi connectivity index (χ3v) is 12.2. The minimum atomic E-state index is 0.922. The lowest BCUT2D eigenvalue weighted by Gasteiger charge is -2.37. The van der Waals surface area contributed by atoms with E-state index in [-0.39, 0.29) is 0 Å². The molecule has 4 nitrogen and oxygen atoms in total. The van der Waals surface area contributed by atoms with Gasteiger partial charge in [-0.25, -0.2) is 0 Å². The number of nitrogens with zero attached hydrogens (tertiary/aromatic N) is 4. The molecule has 0 aliphatic carbocycles. The smallest absolute Gasteiger partial charge is 0.0541 e. The van der Waals surface area contributed by atoms with Crippen molar-refractivity contribution in [3.8, 4) is 11.4 Å². The molecular formula is C54H44N4. The van der Waals surface area contributed by atoms with E-state index in [0.29, 0.717) is 0 Å². The second-order valence-corrected chi connectivity index (χ2v) is 15.7. The van der Waals surface area contributed by atoms with Crippen molar-refractivity contribution in [2.24, 2.45) is 0 Å². The molecule has 3 heterocycles. The van der Waals surface area contributed by atoms with E-state index in [1.54, 1.807) is 0 Å². The normalized spacial score (nSPS) is 13.3. The standard InChI is InChI=1S/C54H44N4/c1-5-13-51-47(9-1)48-10-2-6-14-52(48)57(51)45-29-21-41(22-30-45)37-39-17-25-43(26-18-39)55-33-35-56(36-34-55)44-27-19-40(20-28-44)38-42-23-31-46(32-24-42)58-53-15-7-3-11-49(53)50-12-4-8-16-54(50)58/h1-32H,33-38H2. The molecule has 0 spiro atoms. The van der Waals surface area contributed by atoms with Gasteiger partial charge in [0.25, 0.3) is 0 Å². The number of piperazine rings is 1. The molecular weight excluding hydrogens is 705 g/mol. The van der Waals surface area contributed by atoms with Gasteiger partial charge in [-0.2, -0.15) is 0 Å². The largest absolute Gasteiger partial charge is 0.368 e. The Hall–Kier alpha value is -7.04. The van der Waals surface area contributed by atoms with E-state index in [1.807, 2.05) is 0 Å². The Kier molecular flexibility index (Phi) is 8.54. The first-order valence-corrected chi connectivity index (χ1v) is 20.6. The van der Waals surface area contributed by atoms with Crippen LogP contribution in [0.25, 0.3) is 55.0 Å². The molecule has 1 aliphatic rings. The van der Waals surface area contributed by atoms with Gasteiger partial charge in [-0.3, -0.25) is 0 Å². The molecule has 1 aliphatic heterocycles. The Bertz CT molecular complexity index is 2720. The number of hydrogen-bond acceptors (Lipinski definition) is 2. The lowest BCUT2D eigenvalue weighted by atomic mass is 10.0. The first-order valence-electron chi connectivity index (χ1n) is 20.6. The molecule has 0 saturated carbocycles. The van der Waals surface area contributed by atoms with Crippen LogP contribution in [-0.4, -0.2) is 35.3 Å². The highest BCUT2D eigenvalue weighted by Gasteiger charge is 2.18. The zero-order valence-corrected chi connectivity index (χ0v) is 32.5. The van der Waals surface area contributed by atoms with Gasteiger partial charge < -0.3 is 18.9 Å². The number of anilines is 2. The van der Waals surface area contributed by atoms with Gasteiger partial charge in [-0.1, -0.05) is 121 Å². The van der Waals surface area contributed by atoms with E-state index in [1.165, 1.54) is 88.6 Å². The molecule has 8 aromatic carbocycles. The maximum atomic E-state index is 2.53. The minimum Gasteiger partial charge on any atom is -0.368 e. The van der Waals surface area contributed by atoms with Gasteiger partial charge in [-0.05, 0) is 108 Å². The van der Waals surface area contributed by atoms with Crippen LogP contribution in [0.3, 0.4) is 0 Å². The van der Waals surface area contributed by atoms with Gasteiger partial charge in [0.05, 0.1) is 22.1 Å². The van der Waals surface area contributed by atoms with Crippen LogP contribution in [0, 0.1) is 0 Å². The SMILES string of the molecule is c1ccc2c(c1)c1ccccc1n2-c1ccc(Cc2ccc(N3CCN(c4ccc(Cc5ccc(-n6c7ccccc7c7ccccc76)cc5)cc4)CC3)cc2)cc1. The van der Waals surface area contributed by atoms with E-state index >= 15 is 0 Å². The monoisotopic (exact) mass is 748 g/mol. The molecule has 4 heteroatoms. The summed E-state index contributed by atoms with van der Waals surface area (Å²) in [5.41, 5.74) is 15.3. The molecule has 0 N–H and O–H groups in total. The van der Waals surface area contributed by atoms with Crippen molar-refractivity contribution in [3.63, 3.8) is 0 Å².